The van der Waals surface area contributed by atoms with Gasteiger partial charge >= 0.3 is 0 Å². The number of carbonyl (C=O) groups excluding carboxylic acids is 1. The number of anilines is 1. The molecule has 4 rings (SSSR count). The fourth-order valence-corrected chi connectivity index (χ4v) is 6.73. The Morgan fingerprint density at radius 1 is 1.06 bits per heavy atom. The molecule has 0 saturated heterocycles. The molecule has 0 radical (unpaired) electrons. The van der Waals surface area contributed by atoms with Gasteiger partial charge in [-0.1, -0.05) is 37.3 Å². The molecule has 0 bridgehead atoms. The monoisotopic (exact) mass is 667 g/mol. The van der Waals surface area contributed by atoms with Crippen molar-refractivity contribution in [1.82, 2.24) is 9.80 Å². The molecule has 1 aliphatic heterocycles. The number of nitrogens with one attached hydrogen (secondary N) is 1. The molecular formula is C36H49N3O7S. The summed E-state index contributed by atoms with van der Waals surface area (Å²) in [5.74, 6) is 0.466. The van der Waals surface area contributed by atoms with Crippen LogP contribution in [0.3, 0.4) is 0 Å². The smallest absolute Gasteiger partial charge is 0.261 e. The lowest BCUT2D eigenvalue weighted by Gasteiger charge is -2.36. The Morgan fingerprint density at radius 3 is 2.47 bits per heavy atom. The van der Waals surface area contributed by atoms with Crippen LogP contribution in [-0.2, 0) is 21.3 Å². The number of likely N-dealkylation sites (N-methyl/N-ethyl adjacent to an activating group) is 1. The van der Waals surface area contributed by atoms with E-state index in [1.165, 1.54) is 30.9 Å². The molecule has 0 aromatic heterocycles. The summed E-state index contributed by atoms with van der Waals surface area (Å²) in [5, 5.41) is 10.2. The van der Waals surface area contributed by atoms with Crippen molar-refractivity contribution in [2.75, 3.05) is 45.2 Å². The van der Waals surface area contributed by atoms with Gasteiger partial charge in [-0.05, 0) is 88.2 Å². The zero-order valence-electron chi connectivity index (χ0n) is 28.1. The highest BCUT2D eigenvalue weighted by Gasteiger charge is 2.30. The molecule has 2 N–H and O–H groups in total. The topological polar surface area (TPSA) is 118 Å². The van der Waals surface area contributed by atoms with Gasteiger partial charge in [0.1, 0.15) is 11.5 Å². The quantitative estimate of drug-likeness (QED) is 0.294. The van der Waals surface area contributed by atoms with Gasteiger partial charge in [-0.25, -0.2) is 8.42 Å². The number of methoxy groups -OCH3 is 1. The Labute approximate surface area is 279 Å². The van der Waals surface area contributed by atoms with Gasteiger partial charge < -0.3 is 24.2 Å². The zero-order chi connectivity index (χ0) is 34.0. The Morgan fingerprint density at radius 2 is 1.79 bits per heavy atom. The number of fused-ring (bicyclic) bond motifs is 1. The molecule has 0 fully saturated rings. The lowest BCUT2D eigenvalue weighted by atomic mass is 10.0. The number of sulfonamides is 1. The molecule has 0 spiro atoms. The first-order valence-electron chi connectivity index (χ1n) is 16.2. The van der Waals surface area contributed by atoms with E-state index in [9.17, 15) is 18.3 Å². The number of ether oxygens (including phenoxy) is 3. The Kier molecular flexibility index (Phi) is 13.1. The van der Waals surface area contributed by atoms with Crippen LogP contribution in [0.5, 0.6) is 11.5 Å². The lowest BCUT2D eigenvalue weighted by Crippen LogP contribution is -2.47. The maximum absolute atomic E-state index is 14.4. The van der Waals surface area contributed by atoms with Crippen molar-refractivity contribution in [3.8, 4) is 11.5 Å². The molecule has 0 unspecified atom stereocenters. The van der Waals surface area contributed by atoms with Crippen molar-refractivity contribution in [2.24, 2.45) is 5.92 Å². The van der Waals surface area contributed by atoms with Crippen LogP contribution in [0.2, 0.25) is 0 Å². The summed E-state index contributed by atoms with van der Waals surface area (Å²) in [4.78, 5) is 18.3. The highest BCUT2D eigenvalue weighted by atomic mass is 32.2. The summed E-state index contributed by atoms with van der Waals surface area (Å²) >= 11 is 0. The van der Waals surface area contributed by atoms with E-state index in [1.54, 1.807) is 36.1 Å². The van der Waals surface area contributed by atoms with Crippen LogP contribution >= 0.6 is 0 Å². The number of hydrogen-bond acceptors (Lipinski definition) is 8. The third kappa shape index (κ3) is 10.2. The van der Waals surface area contributed by atoms with Gasteiger partial charge in [-0.2, -0.15) is 0 Å². The van der Waals surface area contributed by atoms with Gasteiger partial charge in [0.15, 0.2) is 0 Å². The van der Waals surface area contributed by atoms with Gasteiger partial charge in [-0.15, -0.1) is 0 Å². The third-order valence-corrected chi connectivity index (χ3v) is 9.86. The van der Waals surface area contributed by atoms with E-state index in [1.807, 2.05) is 25.1 Å². The van der Waals surface area contributed by atoms with E-state index in [-0.39, 0.29) is 46.8 Å². The molecule has 10 nitrogen and oxygen atoms in total. The largest absolute Gasteiger partial charge is 0.497 e. The van der Waals surface area contributed by atoms with Crippen LogP contribution in [0.4, 0.5) is 5.69 Å². The number of carbonyl (C=O) groups is 1. The number of nitrogens with zero attached hydrogens (tertiary/aromatic N) is 2. The number of benzene rings is 3. The number of hydrogen-bond donors (Lipinski definition) is 2. The molecule has 1 amide bonds. The fraction of sp³-hybridized carbons (Fsp3) is 0.472. The molecule has 47 heavy (non-hydrogen) atoms. The molecule has 4 atom stereocenters. The summed E-state index contributed by atoms with van der Waals surface area (Å²) in [6.45, 7) is 7.92. The van der Waals surface area contributed by atoms with Crippen molar-refractivity contribution < 1.29 is 32.5 Å². The first-order chi connectivity index (χ1) is 22.5. The minimum atomic E-state index is -3.96. The van der Waals surface area contributed by atoms with Crippen molar-refractivity contribution in [3.05, 3.63) is 83.9 Å². The predicted molar refractivity (Wildman–Crippen MR) is 183 cm³/mol. The predicted octanol–water partition coefficient (Wildman–Crippen LogP) is 5.42. The third-order valence-electron chi connectivity index (χ3n) is 8.46. The van der Waals surface area contributed by atoms with E-state index < -0.39 is 16.1 Å². The standard InChI is InChI=1S/C36H49N3O7S/c1-26-22-39(27(2)25-40)36(41)33-21-30(37-47(42,43)32-17-15-31(44-5)16-18-32)14-19-34(33)46-28(3)11-9-10-20-45-35(26)24-38(4)23-29-12-7-6-8-13-29/h6-8,12-19,21,26-28,35,37,40H,9-11,20,22-25H2,1-5H3/t26-,27+,28+,35-/m0/s1. The summed E-state index contributed by atoms with van der Waals surface area (Å²) in [6.07, 6.45) is 2.16. The summed E-state index contributed by atoms with van der Waals surface area (Å²) < 4.78 is 47.0. The average Bonchev–Trinajstić information content (AvgIpc) is 3.06. The van der Waals surface area contributed by atoms with Gasteiger partial charge in [0.25, 0.3) is 15.9 Å². The van der Waals surface area contributed by atoms with Gasteiger partial charge in [0.2, 0.25) is 0 Å². The molecular weight excluding hydrogens is 618 g/mol. The van der Waals surface area contributed by atoms with E-state index in [2.05, 4.69) is 35.7 Å². The Bertz CT molecular complexity index is 1540. The van der Waals surface area contributed by atoms with Crippen LogP contribution < -0.4 is 14.2 Å². The molecule has 11 heteroatoms. The minimum Gasteiger partial charge on any atom is -0.497 e. The molecule has 0 saturated carbocycles. The van der Waals surface area contributed by atoms with E-state index in [0.29, 0.717) is 31.2 Å². The maximum atomic E-state index is 14.4. The van der Waals surface area contributed by atoms with Crippen LogP contribution in [0, 0.1) is 5.92 Å². The second-order valence-electron chi connectivity index (χ2n) is 12.5. The van der Waals surface area contributed by atoms with E-state index in [4.69, 9.17) is 14.2 Å². The molecule has 1 aliphatic rings. The first kappa shape index (κ1) is 36.2. The normalized spacial score (nSPS) is 20.5. The Hall–Kier alpha value is -3.64. The zero-order valence-corrected chi connectivity index (χ0v) is 28.9. The summed E-state index contributed by atoms with van der Waals surface area (Å²) in [5.41, 5.74) is 1.65. The first-order valence-corrected chi connectivity index (χ1v) is 17.7. The fourth-order valence-electron chi connectivity index (χ4n) is 5.68. The Balaban J connectivity index is 1.64. The molecule has 0 aliphatic carbocycles. The average molecular weight is 668 g/mol. The number of aliphatic hydroxyl groups is 1. The SMILES string of the molecule is COc1ccc(S(=O)(=O)Nc2ccc3c(c2)C(=O)N([C@H](C)CO)C[C@H](C)[C@H](CN(C)Cc2ccccc2)OCCCC[C@@H](C)O3)cc1. The van der Waals surface area contributed by atoms with Gasteiger partial charge in [0.05, 0.1) is 42.4 Å². The van der Waals surface area contributed by atoms with Crippen LogP contribution in [-0.4, -0.2) is 87.9 Å². The van der Waals surface area contributed by atoms with Crippen molar-refractivity contribution in [3.63, 3.8) is 0 Å². The highest BCUT2D eigenvalue weighted by Crippen LogP contribution is 2.30. The molecule has 3 aromatic carbocycles. The second kappa shape index (κ2) is 17.0. The molecule has 256 valence electrons. The van der Waals surface area contributed by atoms with Gasteiger partial charge in [-0.3, -0.25) is 14.4 Å². The van der Waals surface area contributed by atoms with Crippen LogP contribution in [0.25, 0.3) is 0 Å². The second-order valence-corrected chi connectivity index (χ2v) is 14.2. The molecule has 1 heterocycles. The van der Waals surface area contributed by atoms with Gasteiger partial charge in [0, 0.05) is 37.8 Å². The van der Waals surface area contributed by atoms with Crippen molar-refractivity contribution in [2.45, 2.75) is 69.7 Å². The number of aliphatic hydroxyl groups excluding tert-OH is 1. The summed E-state index contributed by atoms with van der Waals surface area (Å²) in [7, 11) is -0.382. The lowest BCUT2D eigenvalue weighted by molar-refractivity contribution is -0.0177. The van der Waals surface area contributed by atoms with Crippen LogP contribution in [0.15, 0.2) is 77.7 Å². The summed E-state index contributed by atoms with van der Waals surface area (Å²) in [6, 6.07) is 20.6. The van der Waals surface area contributed by atoms with Crippen LogP contribution in [0.1, 0.15) is 56.0 Å². The number of rotatable bonds is 10. The van der Waals surface area contributed by atoms with E-state index >= 15 is 0 Å². The van der Waals surface area contributed by atoms with E-state index in [0.717, 1.165) is 25.8 Å². The number of amides is 1. The maximum Gasteiger partial charge on any atom is 0.261 e. The van der Waals surface area contributed by atoms with Crippen molar-refractivity contribution >= 4 is 21.6 Å². The highest BCUT2D eigenvalue weighted by molar-refractivity contribution is 7.92. The minimum absolute atomic E-state index is 0.0576. The molecule has 3 aromatic rings. The van der Waals surface area contributed by atoms with Crippen molar-refractivity contribution in [1.29, 1.82) is 0 Å².